The summed E-state index contributed by atoms with van der Waals surface area (Å²) in [7, 11) is 0. The van der Waals surface area contributed by atoms with Crippen LogP contribution < -0.4 is 29.9 Å². The number of pyridine rings is 2. The third-order valence-electron chi connectivity index (χ3n) is 15.6. The molecule has 0 bridgehead atoms. The van der Waals surface area contributed by atoms with Gasteiger partial charge in [-0.05, 0) is 73.2 Å². The van der Waals surface area contributed by atoms with Crippen LogP contribution in [0, 0.1) is 29.4 Å². The Morgan fingerprint density at radius 2 is 1.00 bits per heavy atom. The fraction of sp³-hybridized carbons (Fsp3) is 0.317. The number of nitrogens with one attached hydrogen (secondary N) is 1. The maximum absolute atomic E-state index is 14.4. The molecule has 0 unspecified atom stereocenters. The zero-order chi connectivity index (χ0) is 66.4. The van der Waals surface area contributed by atoms with E-state index in [1.807, 2.05) is 36.8 Å². The molecule has 13 aromatic heterocycles. The number of carbonyl (C=O) groups is 3. The maximum Gasteiger partial charge on any atom is 1.00 e. The van der Waals surface area contributed by atoms with E-state index in [-0.39, 0.29) is 82.5 Å². The van der Waals surface area contributed by atoms with Crippen molar-refractivity contribution in [1.82, 2.24) is 113 Å². The van der Waals surface area contributed by atoms with Gasteiger partial charge in [0.2, 0.25) is 0 Å². The minimum atomic E-state index is -1.10. The number of halogens is 5. The van der Waals surface area contributed by atoms with Crippen molar-refractivity contribution >= 4 is 81.4 Å². The first-order valence-electron chi connectivity index (χ1n) is 30.1. The van der Waals surface area contributed by atoms with Crippen LogP contribution in [0.15, 0.2) is 111 Å². The predicted molar refractivity (Wildman–Crippen MR) is 342 cm³/mol. The number of nitrogens with two attached hydrogens (primary N) is 1. The molecule has 0 saturated carbocycles. The van der Waals surface area contributed by atoms with Gasteiger partial charge in [0, 0.05) is 55.3 Å². The average Bonchev–Trinajstić information content (AvgIpc) is 1.70. The fourth-order valence-electron chi connectivity index (χ4n) is 10.7. The number of ether oxygens (including phenoxy) is 4. The summed E-state index contributed by atoms with van der Waals surface area (Å²) in [6.45, 7) is 8.06. The topological polar surface area (TPSA) is 394 Å². The summed E-state index contributed by atoms with van der Waals surface area (Å²) in [4.78, 5) is 57.2. The van der Waals surface area contributed by atoms with Crippen molar-refractivity contribution in [3.63, 3.8) is 0 Å². The average molecular weight is 1410 g/mol. The first kappa shape index (κ1) is 72.0. The number of esters is 1. The summed E-state index contributed by atoms with van der Waals surface area (Å²) in [6.07, 6.45) is 24.2. The van der Waals surface area contributed by atoms with Crippen LogP contribution in [0.3, 0.4) is 0 Å². The maximum atomic E-state index is 14.4. The number of aromatic carboxylic acids is 1. The Balaban J connectivity index is 0.000000148. The molecule has 1 amide bonds. The molecule has 0 spiro atoms. The van der Waals surface area contributed by atoms with Gasteiger partial charge in [0.25, 0.3) is 5.91 Å². The van der Waals surface area contributed by atoms with Crippen molar-refractivity contribution in [2.75, 3.05) is 46.2 Å². The number of aromatic nitrogens is 22. The van der Waals surface area contributed by atoms with Gasteiger partial charge in [-0.1, -0.05) is 38.8 Å². The summed E-state index contributed by atoms with van der Waals surface area (Å²) < 4.78 is 61.3. The van der Waals surface area contributed by atoms with E-state index >= 15 is 0 Å². The van der Waals surface area contributed by atoms with Gasteiger partial charge in [-0.3, -0.25) is 4.79 Å². The van der Waals surface area contributed by atoms with Crippen molar-refractivity contribution in [3.05, 3.63) is 195 Å². The van der Waals surface area contributed by atoms with Crippen LogP contribution in [0.2, 0.25) is 10.0 Å². The van der Waals surface area contributed by atoms with Gasteiger partial charge in [-0.15, -0.1) is 27.7 Å². The Morgan fingerprint density at radius 1 is 0.606 bits per heavy atom. The van der Waals surface area contributed by atoms with E-state index in [9.17, 15) is 23.2 Å². The normalized spacial score (nSPS) is 13.6. The number of carbonyl (C=O) groups excluding carboxylic acids is 2. The molecule has 16 rings (SSSR count). The van der Waals surface area contributed by atoms with E-state index in [2.05, 4.69) is 71.5 Å². The number of hydrogen-bond acceptors (Lipinski definition) is 23. The standard InChI is InChI=1S/C22H19ClFN9O2.C16H18N6O3.C14H14N6O3.C8H7ClFN3.ClH.Li.H2O/c23-16-2-4-31-12-26-17(20(31)19(16)24)6-25-22(34)18-9-32(30-29-18)7-15-8-33-21(28-15)14(1-3-27-33)5-13-10-35-11-13;1-2-25-16(23)14-8-21(20-19-14)6-13-7-22-15(18-13)12(3-4-17-22)5-11-9-24-10-11;21-14(22)12-6-19(18-17-12)4-11-5-20-13(16-11)10(1-2-15-20)3-9-7-23-8-9;9-5-1-2-13-4-12-6(3-11)8(13)7(5)10;;;/h1-4,8-9,12-13H,5-7,10-11H2,(H,25,34);3-4,7-8,11H,2,5-6,9-10H2,1H3;1-2,5-6,9H,3-4,7-8H2,(H,21,22);1-2,4H,3,11H2;1H;;1H2/q;;;;;+1;/p-1. The zero-order valence-electron chi connectivity index (χ0n) is 52.8. The van der Waals surface area contributed by atoms with E-state index in [0.29, 0.717) is 60.9 Å². The molecule has 13 aromatic rings. The Morgan fingerprint density at radius 3 is 1.39 bits per heavy atom. The number of rotatable bonds is 19. The van der Waals surface area contributed by atoms with Crippen LogP contribution in [0.4, 0.5) is 8.78 Å². The molecule has 39 heteroatoms. The number of fused-ring (bicyclic) bond motifs is 5. The van der Waals surface area contributed by atoms with Crippen molar-refractivity contribution in [1.29, 1.82) is 0 Å². The van der Waals surface area contributed by atoms with Crippen LogP contribution in [0.1, 0.15) is 83.5 Å². The minimum Gasteiger partial charge on any atom is -0.870 e. The predicted octanol–water partition coefficient (Wildman–Crippen LogP) is 1.75. The number of carboxylic acids is 1. The summed E-state index contributed by atoms with van der Waals surface area (Å²) in [5.74, 6) is -1.50. The molecule has 3 aliphatic heterocycles. The van der Waals surface area contributed by atoms with E-state index < -0.39 is 29.5 Å². The molecule has 5 N–H and O–H groups in total. The Hall–Kier alpha value is -9.80. The molecule has 0 radical (unpaired) electrons. The largest absolute Gasteiger partial charge is 1.00 e. The van der Waals surface area contributed by atoms with E-state index in [0.717, 1.165) is 110 Å². The molecule has 99 heavy (non-hydrogen) atoms. The van der Waals surface area contributed by atoms with Gasteiger partial charge in [0.1, 0.15) is 11.0 Å². The SMILES string of the molecule is CCOC(=O)c1cn(Cc2cn3nccc(CC4COC4)c3n2)nn1.Cl.NCc1ncn2ccc(Cl)c(F)c12.O=C(NCc1ncn2ccc(Cl)c(F)c12)c1cn(Cc2cn3nccc(CC4COC4)c3n2)nn1.O=C(O)c1cn(Cc2cn3nccc(CC4COC4)c3n2)nn1.[Li+].[OH-]. The molecule has 0 aromatic carbocycles. The first-order valence-corrected chi connectivity index (χ1v) is 30.8. The molecule has 16 heterocycles. The monoisotopic (exact) mass is 1410 g/mol. The third-order valence-corrected chi connectivity index (χ3v) is 16.2. The van der Waals surface area contributed by atoms with Gasteiger partial charge < -0.3 is 49.4 Å². The molecular weight excluding hydrogens is 1350 g/mol. The molecular formula is C60H60Cl3F2LiN24O9. The van der Waals surface area contributed by atoms with Gasteiger partial charge in [-0.25, -0.2) is 70.9 Å². The van der Waals surface area contributed by atoms with Crippen molar-refractivity contribution in [3.8, 4) is 0 Å². The summed E-state index contributed by atoms with van der Waals surface area (Å²) in [5.41, 5.74) is 15.2. The second-order valence-electron chi connectivity index (χ2n) is 22.6. The quantitative estimate of drug-likeness (QED) is 0.0767. The molecule has 3 saturated heterocycles. The van der Waals surface area contributed by atoms with Crippen molar-refractivity contribution < 1.29 is 71.6 Å². The number of imidazole rings is 5. The number of nitrogens with zero attached hydrogens (tertiary/aromatic N) is 22. The smallest absolute Gasteiger partial charge is 0.870 e. The third kappa shape index (κ3) is 16.5. The number of hydrogen-bond donors (Lipinski definition) is 3. The minimum absolute atomic E-state index is 0. The molecule has 33 nitrogen and oxygen atoms in total. The van der Waals surface area contributed by atoms with Gasteiger partial charge in [-0.2, -0.15) is 15.3 Å². The van der Waals surface area contributed by atoms with Crippen LogP contribution in [0.25, 0.3) is 28.0 Å². The Bertz CT molecular complexity index is 4970. The fourth-order valence-corrected chi connectivity index (χ4v) is 11.0. The van der Waals surface area contributed by atoms with E-state index in [1.165, 1.54) is 50.9 Å². The van der Waals surface area contributed by atoms with Gasteiger partial charge in [0.15, 0.2) is 45.7 Å². The molecule has 0 aliphatic carbocycles. The van der Waals surface area contributed by atoms with Crippen LogP contribution in [0.5, 0.6) is 0 Å². The Labute approximate surface area is 586 Å². The summed E-state index contributed by atoms with van der Waals surface area (Å²) in [6, 6.07) is 8.87. The Kier molecular flexibility index (Phi) is 23.4. The molecule has 3 fully saturated rings. The number of carboxylic acid groups (broad SMARTS) is 1. The van der Waals surface area contributed by atoms with E-state index in [1.54, 1.807) is 66.7 Å². The molecule has 510 valence electrons. The van der Waals surface area contributed by atoms with Crippen LogP contribution in [-0.2, 0) is 70.9 Å². The first-order chi connectivity index (χ1) is 46.7. The van der Waals surface area contributed by atoms with Crippen molar-refractivity contribution in [2.24, 2.45) is 23.5 Å². The summed E-state index contributed by atoms with van der Waals surface area (Å²) in [5, 5.41) is 47.7. The zero-order valence-corrected chi connectivity index (χ0v) is 55.1. The molecule has 3 aliphatic rings. The van der Waals surface area contributed by atoms with E-state index in [4.69, 9.17) is 58.0 Å². The second kappa shape index (κ2) is 32.3. The second-order valence-corrected chi connectivity index (χ2v) is 23.4. The number of amides is 1. The van der Waals surface area contributed by atoms with Crippen LogP contribution >= 0.6 is 35.6 Å². The van der Waals surface area contributed by atoms with Crippen LogP contribution in [-0.4, -0.2) is 182 Å². The summed E-state index contributed by atoms with van der Waals surface area (Å²) >= 11 is 11.5. The van der Waals surface area contributed by atoms with Gasteiger partial charge in [0.05, 0.1) is 161 Å². The van der Waals surface area contributed by atoms with Gasteiger partial charge >= 0.3 is 30.8 Å². The molecule has 0 atom stereocenters. The van der Waals surface area contributed by atoms with Crippen molar-refractivity contribution in [2.45, 2.75) is 58.9 Å².